The summed E-state index contributed by atoms with van der Waals surface area (Å²) in [5.74, 6) is 1.29. The summed E-state index contributed by atoms with van der Waals surface area (Å²) in [7, 11) is 0. The van der Waals surface area contributed by atoms with E-state index in [-0.39, 0.29) is 6.10 Å². The lowest BCUT2D eigenvalue weighted by atomic mass is 9.76. The number of benzene rings is 1. The van der Waals surface area contributed by atoms with E-state index in [1.54, 1.807) is 0 Å². The van der Waals surface area contributed by atoms with Crippen LogP contribution in [0, 0.1) is 15.4 Å². The van der Waals surface area contributed by atoms with Crippen molar-refractivity contribution >= 4 is 22.6 Å². The molecule has 1 aliphatic carbocycles. The lowest BCUT2D eigenvalue weighted by Crippen LogP contribution is -2.21. The van der Waals surface area contributed by atoms with E-state index in [2.05, 4.69) is 47.7 Å². The molecule has 0 bridgehead atoms. The van der Waals surface area contributed by atoms with E-state index >= 15 is 0 Å². The molecule has 17 heavy (non-hydrogen) atoms. The predicted octanol–water partition coefficient (Wildman–Crippen LogP) is 4.54. The zero-order valence-corrected chi connectivity index (χ0v) is 12.6. The van der Waals surface area contributed by atoms with E-state index in [4.69, 9.17) is 0 Å². The van der Waals surface area contributed by atoms with Crippen LogP contribution in [0.25, 0.3) is 0 Å². The van der Waals surface area contributed by atoms with E-state index in [1.165, 1.54) is 35.7 Å². The number of aliphatic hydroxyl groups is 1. The molecular weight excluding hydrogens is 323 g/mol. The number of hydrogen-bond donors (Lipinski definition) is 1. The summed E-state index contributed by atoms with van der Waals surface area (Å²) in [6.45, 7) is 2.27. The van der Waals surface area contributed by atoms with Crippen molar-refractivity contribution in [1.29, 1.82) is 0 Å². The fourth-order valence-corrected chi connectivity index (χ4v) is 3.52. The number of hydrogen-bond acceptors (Lipinski definition) is 1. The van der Waals surface area contributed by atoms with Crippen molar-refractivity contribution in [2.75, 3.05) is 0 Å². The van der Waals surface area contributed by atoms with Gasteiger partial charge in [-0.2, -0.15) is 0 Å². The van der Waals surface area contributed by atoms with Crippen LogP contribution in [0.5, 0.6) is 0 Å². The van der Waals surface area contributed by atoms with E-state index in [0.29, 0.717) is 5.92 Å². The molecule has 0 saturated heterocycles. The third kappa shape index (κ3) is 3.44. The standard InChI is InChI=1S/C15H21IO/c1-2-11-5-3-6-12(9-11)15(17)13-7-4-8-14(16)10-13/h4,7-8,10-12,15,17H,2-3,5-6,9H2,1H3. The van der Waals surface area contributed by atoms with Crippen LogP contribution in [-0.2, 0) is 0 Å². The summed E-state index contributed by atoms with van der Waals surface area (Å²) >= 11 is 2.31. The Bertz CT molecular complexity index is 364. The summed E-state index contributed by atoms with van der Waals surface area (Å²) < 4.78 is 1.21. The predicted molar refractivity (Wildman–Crippen MR) is 79.9 cm³/mol. The van der Waals surface area contributed by atoms with Crippen molar-refractivity contribution in [3.63, 3.8) is 0 Å². The maximum absolute atomic E-state index is 10.5. The van der Waals surface area contributed by atoms with Gasteiger partial charge in [0.05, 0.1) is 6.10 Å². The molecule has 0 radical (unpaired) electrons. The van der Waals surface area contributed by atoms with Crippen LogP contribution in [0.4, 0.5) is 0 Å². The highest BCUT2D eigenvalue weighted by atomic mass is 127. The number of halogens is 1. The van der Waals surface area contributed by atoms with Crippen molar-refractivity contribution in [2.45, 2.75) is 45.1 Å². The molecule has 1 fully saturated rings. The first-order chi connectivity index (χ1) is 8.20. The van der Waals surface area contributed by atoms with Gasteiger partial charge in [-0.25, -0.2) is 0 Å². The molecule has 1 aromatic rings. The minimum Gasteiger partial charge on any atom is -0.388 e. The van der Waals surface area contributed by atoms with Crippen LogP contribution in [0.15, 0.2) is 24.3 Å². The molecule has 0 amide bonds. The van der Waals surface area contributed by atoms with E-state index in [1.807, 2.05) is 6.07 Å². The molecule has 1 aromatic carbocycles. The highest BCUT2D eigenvalue weighted by molar-refractivity contribution is 14.1. The molecule has 1 aliphatic rings. The lowest BCUT2D eigenvalue weighted by Gasteiger charge is -2.32. The summed E-state index contributed by atoms with van der Waals surface area (Å²) in [6, 6.07) is 8.29. The third-order valence-corrected chi connectivity index (χ3v) is 4.71. The molecule has 1 nitrogen and oxygen atoms in total. The molecular formula is C15H21IO. The molecule has 2 rings (SSSR count). The Labute approximate surface area is 118 Å². The van der Waals surface area contributed by atoms with Gasteiger partial charge in [-0.15, -0.1) is 0 Å². The van der Waals surface area contributed by atoms with Crippen LogP contribution in [-0.4, -0.2) is 5.11 Å². The maximum Gasteiger partial charge on any atom is 0.0818 e. The third-order valence-electron chi connectivity index (χ3n) is 4.04. The van der Waals surface area contributed by atoms with E-state index in [0.717, 1.165) is 11.5 Å². The molecule has 3 atom stereocenters. The fourth-order valence-electron chi connectivity index (χ4n) is 2.95. The molecule has 0 heterocycles. The van der Waals surface area contributed by atoms with Gasteiger partial charge in [-0.05, 0) is 65.0 Å². The van der Waals surface area contributed by atoms with Crippen molar-refractivity contribution < 1.29 is 5.11 Å². The van der Waals surface area contributed by atoms with Crippen molar-refractivity contribution in [1.82, 2.24) is 0 Å². The zero-order chi connectivity index (χ0) is 12.3. The first kappa shape index (κ1) is 13.3. The Hall–Kier alpha value is -0.0900. The van der Waals surface area contributed by atoms with Gasteiger partial charge in [0.1, 0.15) is 0 Å². The Kier molecular flexibility index (Phi) is 4.86. The van der Waals surface area contributed by atoms with Gasteiger partial charge in [0.15, 0.2) is 0 Å². The van der Waals surface area contributed by atoms with Gasteiger partial charge in [-0.3, -0.25) is 0 Å². The molecule has 0 spiro atoms. The molecule has 3 unspecified atom stereocenters. The first-order valence-corrected chi connectivity index (χ1v) is 7.72. The van der Waals surface area contributed by atoms with Gasteiger partial charge >= 0.3 is 0 Å². The highest BCUT2D eigenvalue weighted by Gasteiger charge is 2.27. The Balaban J connectivity index is 2.06. The second kappa shape index (κ2) is 6.19. The van der Waals surface area contributed by atoms with Gasteiger partial charge in [0.2, 0.25) is 0 Å². The van der Waals surface area contributed by atoms with Crippen molar-refractivity contribution in [3.05, 3.63) is 33.4 Å². The number of aliphatic hydroxyl groups excluding tert-OH is 1. The first-order valence-electron chi connectivity index (χ1n) is 6.64. The Morgan fingerprint density at radius 2 is 2.24 bits per heavy atom. The average molecular weight is 344 g/mol. The minimum atomic E-state index is -0.265. The van der Waals surface area contributed by atoms with Crippen LogP contribution >= 0.6 is 22.6 Å². The largest absolute Gasteiger partial charge is 0.388 e. The van der Waals surface area contributed by atoms with Crippen LogP contribution < -0.4 is 0 Å². The topological polar surface area (TPSA) is 20.2 Å². The summed E-state index contributed by atoms with van der Waals surface area (Å²) in [4.78, 5) is 0. The Morgan fingerprint density at radius 3 is 2.94 bits per heavy atom. The van der Waals surface area contributed by atoms with Gasteiger partial charge in [0.25, 0.3) is 0 Å². The van der Waals surface area contributed by atoms with Gasteiger partial charge < -0.3 is 5.11 Å². The molecule has 0 aliphatic heterocycles. The van der Waals surface area contributed by atoms with Gasteiger partial charge in [-0.1, -0.05) is 38.3 Å². The number of rotatable bonds is 3. The summed E-state index contributed by atoms with van der Waals surface area (Å²) in [5, 5.41) is 10.5. The monoisotopic (exact) mass is 344 g/mol. The summed E-state index contributed by atoms with van der Waals surface area (Å²) in [5.41, 5.74) is 1.10. The molecule has 0 aromatic heterocycles. The molecule has 2 heteroatoms. The van der Waals surface area contributed by atoms with Gasteiger partial charge in [0, 0.05) is 3.57 Å². The smallest absolute Gasteiger partial charge is 0.0818 e. The highest BCUT2D eigenvalue weighted by Crippen LogP contribution is 2.38. The minimum absolute atomic E-state index is 0.265. The lowest BCUT2D eigenvalue weighted by molar-refractivity contribution is 0.0677. The summed E-state index contributed by atoms with van der Waals surface area (Å²) in [6.07, 6.45) is 6.01. The second-order valence-electron chi connectivity index (χ2n) is 5.20. The zero-order valence-electron chi connectivity index (χ0n) is 10.4. The van der Waals surface area contributed by atoms with Crippen LogP contribution in [0.3, 0.4) is 0 Å². The maximum atomic E-state index is 10.5. The average Bonchev–Trinajstić information content (AvgIpc) is 2.38. The van der Waals surface area contributed by atoms with Crippen LogP contribution in [0.1, 0.15) is 50.7 Å². The van der Waals surface area contributed by atoms with E-state index < -0.39 is 0 Å². The SMILES string of the molecule is CCC1CCCC(C(O)c2cccc(I)c2)C1. The van der Waals surface area contributed by atoms with Crippen molar-refractivity contribution in [2.24, 2.45) is 11.8 Å². The fraction of sp³-hybridized carbons (Fsp3) is 0.600. The van der Waals surface area contributed by atoms with Crippen LogP contribution in [0.2, 0.25) is 0 Å². The quantitative estimate of drug-likeness (QED) is 0.798. The Morgan fingerprint density at radius 1 is 1.41 bits per heavy atom. The van der Waals surface area contributed by atoms with E-state index in [9.17, 15) is 5.11 Å². The normalized spacial score (nSPS) is 26.8. The second-order valence-corrected chi connectivity index (χ2v) is 6.45. The molecule has 1 saturated carbocycles. The van der Waals surface area contributed by atoms with Crippen molar-refractivity contribution in [3.8, 4) is 0 Å². The molecule has 1 N–H and O–H groups in total. The molecule has 94 valence electrons.